The van der Waals surface area contributed by atoms with Crippen molar-refractivity contribution in [3.63, 3.8) is 0 Å². The van der Waals surface area contributed by atoms with Crippen LogP contribution in [0.5, 0.6) is 0 Å². The second kappa shape index (κ2) is 10.1. The average molecular weight is 489 g/mol. The first-order chi connectivity index (χ1) is 17.1. The van der Waals surface area contributed by atoms with Gasteiger partial charge in [0.2, 0.25) is 0 Å². The van der Waals surface area contributed by atoms with Gasteiger partial charge in [0.15, 0.2) is 0 Å². The van der Waals surface area contributed by atoms with Crippen LogP contribution >= 0.6 is 0 Å². The van der Waals surface area contributed by atoms with Crippen LogP contribution < -0.4 is 5.32 Å². The normalized spacial score (nSPS) is 17.5. The molecule has 2 fully saturated rings. The highest BCUT2D eigenvalue weighted by Crippen LogP contribution is 2.46. The summed E-state index contributed by atoms with van der Waals surface area (Å²) in [5.74, 6) is 3.47. The number of benzene rings is 2. The van der Waals surface area contributed by atoms with Crippen molar-refractivity contribution in [3.8, 4) is 11.8 Å². The molecule has 3 amide bonds. The molecule has 4 rings (SSSR count). The predicted octanol–water partition coefficient (Wildman–Crippen LogP) is 4.46. The van der Waals surface area contributed by atoms with Crippen molar-refractivity contribution >= 4 is 23.5 Å². The summed E-state index contributed by atoms with van der Waals surface area (Å²) in [5.41, 5.74) is 2.75. The van der Waals surface area contributed by atoms with Gasteiger partial charge in [0.25, 0.3) is 5.91 Å². The van der Waals surface area contributed by atoms with Gasteiger partial charge in [0.05, 0.1) is 5.56 Å². The zero-order chi connectivity index (χ0) is 26.0. The molecule has 1 heterocycles. The molecule has 1 aliphatic carbocycles. The highest BCUT2D eigenvalue weighted by molar-refractivity contribution is 6.10. The summed E-state index contributed by atoms with van der Waals surface area (Å²) in [6.07, 6.45) is 1.54. The van der Waals surface area contributed by atoms with Gasteiger partial charge in [-0.25, -0.2) is 9.18 Å². The van der Waals surface area contributed by atoms with Gasteiger partial charge in [-0.05, 0) is 80.0 Å². The Morgan fingerprint density at radius 3 is 2.17 bits per heavy atom. The van der Waals surface area contributed by atoms with E-state index in [0.29, 0.717) is 25.9 Å². The highest BCUT2D eigenvalue weighted by Gasteiger charge is 2.48. The number of carbonyl (C=O) groups excluding carboxylic acids is 4. The summed E-state index contributed by atoms with van der Waals surface area (Å²) >= 11 is 0. The van der Waals surface area contributed by atoms with E-state index in [-0.39, 0.29) is 30.0 Å². The van der Waals surface area contributed by atoms with Gasteiger partial charge in [-0.15, -0.1) is 5.92 Å². The molecule has 186 valence electrons. The maximum atomic E-state index is 13.8. The summed E-state index contributed by atoms with van der Waals surface area (Å²) in [4.78, 5) is 53.0. The van der Waals surface area contributed by atoms with Crippen LogP contribution in [0.25, 0.3) is 0 Å². The number of aryl methyl sites for hydroxylation is 2. The summed E-state index contributed by atoms with van der Waals surface area (Å²) in [6, 6.07) is 8.69. The molecule has 0 atom stereocenters. The number of imide groups is 1. The number of rotatable bonds is 2. The van der Waals surface area contributed by atoms with Crippen molar-refractivity contribution in [2.75, 3.05) is 13.1 Å². The number of urea groups is 1. The van der Waals surface area contributed by atoms with Crippen LogP contribution in [-0.4, -0.2) is 41.5 Å². The Morgan fingerprint density at radius 1 is 1.03 bits per heavy atom. The molecule has 0 bridgehead atoms. The summed E-state index contributed by atoms with van der Waals surface area (Å²) < 4.78 is 13.8. The Hall–Kier alpha value is -3.79. The van der Waals surface area contributed by atoms with E-state index >= 15 is 0 Å². The molecule has 0 aromatic heterocycles. The third kappa shape index (κ3) is 4.94. The smallest absolute Gasteiger partial charge is 0.324 e. The monoisotopic (exact) mass is 488 g/mol. The van der Waals surface area contributed by atoms with Crippen LogP contribution in [0, 0.1) is 36.9 Å². The van der Waals surface area contributed by atoms with E-state index in [1.54, 1.807) is 6.92 Å². The minimum atomic E-state index is -0.800. The summed E-state index contributed by atoms with van der Waals surface area (Å²) in [7, 11) is 0. The van der Waals surface area contributed by atoms with E-state index < -0.39 is 29.1 Å². The topological polar surface area (TPSA) is 83.6 Å². The Balaban J connectivity index is 1.42. The van der Waals surface area contributed by atoms with Gasteiger partial charge in [0.1, 0.15) is 23.3 Å². The molecule has 1 N–H and O–H groups in total. The van der Waals surface area contributed by atoms with Crippen molar-refractivity contribution in [2.24, 2.45) is 5.41 Å². The van der Waals surface area contributed by atoms with Crippen molar-refractivity contribution in [2.45, 2.75) is 52.4 Å². The number of nitrogens with one attached hydrogen (secondary N) is 1. The minimum Gasteiger partial charge on any atom is -0.324 e. The van der Waals surface area contributed by atoms with E-state index in [0.717, 1.165) is 28.3 Å². The first kappa shape index (κ1) is 25.3. The molecular formula is C29H29FN2O4. The predicted molar refractivity (Wildman–Crippen MR) is 133 cm³/mol. The fourth-order valence-electron chi connectivity index (χ4n) is 5.58. The van der Waals surface area contributed by atoms with Crippen LogP contribution in [0.2, 0.25) is 0 Å². The molecule has 0 radical (unpaired) electrons. The maximum absolute atomic E-state index is 13.8. The Kier molecular flexibility index (Phi) is 7.07. The lowest BCUT2D eigenvalue weighted by atomic mass is 9.62. The number of hydrogen-bond donors (Lipinski definition) is 1. The first-order valence-corrected chi connectivity index (χ1v) is 12.1. The van der Waals surface area contributed by atoms with Gasteiger partial charge in [-0.1, -0.05) is 18.1 Å². The molecule has 7 heteroatoms. The molecule has 1 saturated heterocycles. The minimum absolute atomic E-state index is 0.0839. The van der Waals surface area contributed by atoms with Crippen LogP contribution in [0.3, 0.4) is 0 Å². The van der Waals surface area contributed by atoms with E-state index in [2.05, 4.69) is 17.2 Å². The van der Waals surface area contributed by atoms with Crippen molar-refractivity contribution < 1.29 is 23.6 Å². The number of hydrogen-bond acceptors (Lipinski definition) is 4. The zero-order valence-corrected chi connectivity index (χ0v) is 20.7. The third-order valence-corrected chi connectivity index (χ3v) is 7.34. The second-order valence-electron chi connectivity index (χ2n) is 9.84. The zero-order valence-electron chi connectivity index (χ0n) is 20.7. The van der Waals surface area contributed by atoms with Gasteiger partial charge < -0.3 is 4.90 Å². The molecule has 2 aromatic rings. The lowest BCUT2D eigenvalue weighted by Gasteiger charge is -2.44. The SMILES string of the molecule is CC#Cc1cc(C)c(C2C(=O)CC3(CCN(C(=O)NC(=O)c4ccccc4F)CC3)CC2=O)c(C)c1. The fraction of sp³-hybridized carbons (Fsp3) is 0.379. The lowest BCUT2D eigenvalue weighted by Crippen LogP contribution is -2.51. The van der Waals surface area contributed by atoms with E-state index in [1.165, 1.54) is 23.1 Å². The van der Waals surface area contributed by atoms with Crippen LogP contribution in [0.1, 0.15) is 71.1 Å². The quantitative estimate of drug-likeness (QED) is 0.500. The van der Waals surface area contributed by atoms with Crippen molar-refractivity contribution in [1.29, 1.82) is 0 Å². The number of nitrogens with zero attached hydrogens (tertiary/aromatic N) is 1. The first-order valence-electron chi connectivity index (χ1n) is 12.1. The Bertz CT molecular complexity index is 1270. The number of Topliss-reactive ketones (excluding diaryl/α,β-unsaturated/α-hetero) is 2. The van der Waals surface area contributed by atoms with Crippen molar-refractivity contribution in [3.05, 3.63) is 70.0 Å². The van der Waals surface area contributed by atoms with Crippen LogP contribution in [0.15, 0.2) is 36.4 Å². The number of amides is 3. The van der Waals surface area contributed by atoms with E-state index in [1.807, 2.05) is 26.0 Å². The van der Waals surface area contributed by atoms with Crippen LogP contribution in [-0.2, 0) is 9.59 Å². The number of likely N-dealkylation sites (tertiary alicyclic amines) is 1. The molecule has 1 spiro atoms. The van der Waals surface area contributed by atoms with Gasteiger partial charge in [-0.3, -0.25) is 19.7 Å². The molecule has 6 nitrogen and oxygen atoms in total. The summed E-state index contributed by atoms with van der Waals surface area (Å²) in [6.45, 7) is 6.21. The van der Waals surface area contributed by atoms with Gasteiger partial charge in [0, 0.05) is 31.5 Å². The standard InChI is InChI=1S/C29H29FN2O4/c1-4-7-20-14-18(2)25(19(3)15-20)26-23(33)16-29(17-24(26)34)10-12-32(13-11-29)28(36)31-27(35)21-8-5-6-9-22(21)30/h5-6,8-9,14-15,26H,10-13,16-17H2,1-3H3,(H,31,35,36). The molecule has 1 aliphatic heterocycles. The number of piperidine rings is 1. The van der Waals surface area contributed by atoms with Gasteiger partial charge >= 0.3 is 6.03 Å². The Morgan fingerprint density at radius 2 is 1.61 bits per heavy atom. The highest BCUT2D eigenvalue weighted by atomic mass is 19.1. The largest absolute Gasteiger partial charge is 0.324 e. The van der Waals surface area contributed by atoms with E-state index in [9.17, 15) is 23.6 Å². The molecule has 2 aromatic carbocycles. The van der Waals surface area contributed by atoms with Crippen molar-refractivity contribution in [1.82, 2.24) is 10.2 Å². The molecule has 1 saturated carbocycles. The summed E-state index contributed by atoms with van der Waals surface area (Å²) in [5, 5.41) is 2.23. The van der Waals surface area contributed by atoms with Crippen LogP contribution in [0.4, 0.5) is 9.18 Å². The molecule has 0 unspecified atom stereocenters. The molecule has 2 aliphatic rings. The number of halogens is 1. The fourth-order valence-corrected chi connectivity index (χ4v) is 5.58. The molecular weight excluding hydrogens is 459 g/mol. The second-order valence-corrected chi connectivity index (χ2v) is 9.84. The molecule has 36 heavy (non-hydrogen) atoms. The average Bonchev–Trinajstić information content (AvgIpc) is 2.81. The third-order valence-electron chi connectivity index (χ3n) is 7.34. The van der Waals surface area contributed by atoms with E-state index in [4.69, 9.17) is 0 Å². The van der Waals surface area contributed by atoms with Gasteiger partial charge in [-0.2, -0.15) is 0 Å². The Labute approximate surface area is 210 Å². The number of ketones is 2. The lowest BCUT2D eigenvalue weighted by molar-refractivity contribution is -0.138. The number of carbonyl (C=O) groups is 4. The maximum Gasteiger partial charge on any atom is 0.324 e.